The molecule has 30 heavy (non-hydrogen) atoms. The van der Waals surface area contributed by atoms with Crippen LogP contribution in [0, 0.1) is 5.92 Å². The second kappa shape index (κ2) is 25.5. The molecule has 0 rings (SSSR count). The van der Waals surface area contributed by atoms with Gasteiger partial charge in [-0.05, 0) is 5.92 Å². The first-order chi connectivity index (χ1) is 14.7. The van der Waals surface area contributed by atoms with E-state index in [0.717, 1.165) is 5.92 Å². The lowest BCUT2D eigenvalue weighted by molar-refractivity contribution is 0.455. The van der Waals surface area contributed by atoms with Crippen LogP contribution in [0.2, 0.25) is 18.1 Å². The highest BCUT2D eigenvalue weighted by atomic mass is 28.3. The molecule has 0 spiro atoms. The molecule has 2 atom stereocenters. The Bertz CT molecular complexity index is 301. The maximum absolute atomic E-state index is 2.46. The van der Waals surface area contributed by atoms with Crippen molar-refractivity contribution in [2.75, 3.05) is 0 Å². The lowest BCUT2D eigenvalue weighted by Gasteiger charge is -2.16. The molecule has 182 valence electrons. The van der Waals surface area contributed by atoms with Gasteiger partial charge in [0.15, 0.2) is 0 Å². The lowest BCUT2D eigenvalue weighted by Crippen LogP contribution is -2.12. The van der Waals surface area contributed by atoms with E-state index in [4.69, 9.17) is 0 Å². The molecule has 0 aliphatic heterocycles. The summed E-state index contributed by atoms with van der Waals surface area (Å²) in [4.78, 5) is 0. The van der Waals surface area contributed by atoms with Crippen molar-refractivity contribution in [3.63, 3.8) is 0 Å². The van der Waals surface area contributed by atoms with Gasteiger partial charge in [0.05, 0.1) is 0 Å². The molecule has 0 fully saturated rings. The molecular weight excluding hydrogens is 376 g/mol. The molecule has 0 heterocycles. The molecule has 0 aliphatic rings. The third-order valence-electron chi connectivity index (χ3n) is 7.27. The third kappa shape index (κ3) is 22.9. The van der Waals surface area contributed by atoms with Crippen LogP contribution in [0.4, 0.5) is 0 Å². The Hall–Kier alpha value is 0.217. The van der Waals surface area contributed by atoms with Crippen molar-refractivity contribution in [3.8, 4) is 0 Å². The van der Waals surface area contributed by atoms with Gasteiger partial charge in [-0.3, -0.25) is 0 Å². The molecule has 0 amide bonds. The summed E-state index contributed by atoms with van der Waals surface area (Å²) in [5, 5.41) is 0. The fourth-order valence-electron chi connectivity index (χ4n) is 5.13. The quantitative estimate of drug-likeness (QED) is 0.0981. The fourth-order valence-corrected chi connectivity index (χ4v) is 8.59. The molecule has 0 aromatic heterocycles. The van der Waals surface area contributed by atoms with Crippen molar-refractivity contribution in [2.45, 2.75) is 181 Å². The minimum Gasteiger partial charge on any atom is -0.0654 e. The average molecular weight is 439 g/mol. The van der Waals surface area contributed by atoms with E-state index in [0.29, 0.717) is 0 Å². The molecule has 0 saturated heterocycles. The second-order valence-electron chi connectivity index (χ2n) is 10.6. The van der Waals surface area contributed by atoms with E-state index in [1.807, 2.05) is 0 Å². The average Bonchev–Trinajstić information content (AvgIpc) is 2.74. The predicted octanol–water partition coefficient (Wildman–Crippen LogP) is 11.1. The molecule has 0 aromatic carbocycles. The van der Waals surface area contributed by atoms with Crippen LogP contribution in [0.15, 0.2) is 0 Å². The Morgan fingerprint density at radius 2 is 0.767 bits per heavy atom. The fraction of sp³-hybridized carbons (Fsp3) is 1.00. The summed E-state index contributed by atoms with van der Waals surface area (Å²) in [5.41, 5.74) is 0. The van der Waals surface area contributed by atoms with Gasteiger partial charge in [-0.2, -0.15) is 0 Å². The van der Waals surface area contributed by atoms with Crippen LogP contribution in [-0.2, 0) is 0 Å². The van der Waals surface area contributed by atoms with Crippen molar-refractivity contribution in [3.05, 3.63) is 0 Å². The van der Waals surface area contributed by atoms with Crippen molar-refractivity contribution in [1.82, 2.24) is 0 Å². The molecule has 2 unspecified atom stereocenters. The largest absolute Gasteiger partial charge is 0.0654 e. The summed E-state index contributed by atoms with van der Waals surface area (Å²) in [5.74, 6) is 0.965. The zero-order chi connectivity index (χ0) is 22.1. The molecule has 1 heteroatoms. The first-order valence-corrected chi connectivity index (χ1v) is 17.2. The summed E-state index contributed by atoms with van der Waals surface area (Å²) in [6.45, 7) is 9.44. The first-order valence-electron chi connectivity index (χ1n) is 14.7. The van der Waals surface area contributed by atoms with Crippen molar-refractivity contribution in [2.24, 2.45) is 5.92 Å². The molecule has 0 aromatic rings. The normalized spacial score (nSPS) is 13.6. The first kappa shape index (κ1) is 30.2. The van der Waals surface area contributed by atoms with Crippen molar-refractivity contribution < 1.29 is 0 Å². The van der Waals surface area contributed by atoms with Crippen LogP contribution in [0.3, 0.4) is 0 Å². The topological polar surface area (TPSA) is 0 Å². The second-order valence-corrected chi connectivity index (χ2v) is 14.0. The summed E-state index contributed by atoms with van der Waals surface area (Å²) < 4.78 is 0. The van der Waals surface area contributed by atoms with E-state index in [2.05, 4.69) is 27.7 Å². The maximum Gasteiger partial charge on any atom is 0.0367 e. The van der Waals surface area contributed by atoms with Gasteiger partial charge in [-0.15, -0.1) is 0 Å². The van der Waals surface area contributed by atoms with E-state index in [1.165, 1.54) is 116 Å². The molecule has 0 saturated carbocycles. The zero-order valence-corrected chi connectivity index (χ0v) is 23.3. The lowest BCUT2D eigenvalue weighted by atomic mass is 9.98. The van der Waals surface area contributed by atoms with Crippen molar-refractivity contribution in [1.29, 1.82) is 0 Å². The van der Waals surface area contributed by atoms with Gasteiger partial charge >= 0.3 is 0 Å². The van der Waals surface area contributed by atoms with Crippen molar-refractivity contribution >= 4 is 8.80 Å². The number of hydrogen-bond acceptors (Lipinski definition) is 0. The van der Waals surface area contributed by atoms with Gasteiger partial charge in [0, 0.05) is 8.80 Å². The Morgan fingerprint density at radius 1 is 0.400 bits per heavy atom. The van der Waals surface area contributed by atoms with Gasteiger partial charge in [-0.25, -0.2) is 0 Å². The van der Waals surface area contributed by atoms with E-state index >= 15 is 0 Å². The molecular formula is C29H62Si. The Kier molecular flexibility index (Phi) is 25.7. The summed E-state index contributed by atoms with van der Waals surface area (Å²) in [6.07, 6.45) is 31.2. The predicted molar refractivity (Wildman–Crippen MR) is 145 cm³/mol. The number of unbranched alkanes of at least 4 members (excludes halogenated alkanes) is 15. The van der Waals surface area contributed by atoms with Gasteiger partial charge in [-0.1, -0.05) is 181 Å². The number of rotatable bonds is 25. The van der Waals surface area contributed by atoms with Gasteiger partial charge in [0.1, 0.15) is 0 Å². The highest BCUT2D eigenvalue weighted by molar-refractivity contribution is 6.58. The Labute approximate surface area is 195 Å². The summed E-state index contributed by atoms with van der Waals surface area (Å²) >= 11 is 0. The summed E-state index contributed by atoms with van der Waals surface area (Å²) in [7, 11) is -0.445. The molecule has 0 N–H and O–H groups in total. The van der Waals surface area contributed by atoms with Gasteiger partial charge in [0.2, 0.25) is 0 Å². The van der Waals surface area contributed by atoms with Crippen LogP contribution >= 0.6 is 0 Å². The monoisotopic (exact) mass is 438 g/mol. The minimum absolute atomic E-state index is 0.445. The Balaban J connectivity index is 3.86. The number of hydrogen-bond donors (Lipinski definition) is 0. The zero-order valence-electron chi connectivity index (χ0n) is 22.1. The van der Waals surface area contributed by atoms with E-state index in [-0.39, 0.29) is 0 Å². The summed E-state index contributed by atoms with van der Waals surface area (Å²) in [6, 6.07) is 4.99. The Morgan fingerprint density at radius 3 is 1.17 bits per heavy atom. The molecule has 0 radical (unpaired) electrons. The maximum atomic E-state index is 2.46. The minimum atomic E-state index is -0.445. The van der Waals surface area contributed by atoms with Gasteiger partial charge < -0.3 is 0 Å². The molecule has 0 aliphatic carbocycles. The molecule has 0 bridgehead atoms. The molecule has 0 nitrogen and oxygen atoms in total. The van der Waals surface area contributed by atoms with Crippen LogP contribution in [-0.4, -0.2) is 8.80 Å². The standard InChI is InChI=1S/C29H62Si/c1-5-8-10-12-14-15-18-22-27-30(26-21-17-13-11-9-6-2)28-23-19-16-20-25-29(4)24-7-3/h29-30H,5-28H2,1-4H3. The van der Waals surface area contributed by atoms with Gasteiger partial charge in [0.25, 0.3) is 0 Å². The third-order valence-corrected chi connectivity index (χ3v) is 10.9. The smallest absolute Gasteiger partial charge is 0.0367 e. The van der Waals surface area contributed by atoms with Crippen LogP contribution in [0.1, 0.15) is 163 Å². The van der Waals surface area contributed by atoms with E-state index in [9.17, 15) is 0 Å². The van der Waals surface area contributed by atoms with Crippen LogP contribution < -0.4 is 0 Å². The highest BCUT2D eigenvalue weighted by Gasteiger charge is 2.10. The van der Waals surface area contributed by atoms with Crippen LogP contribution in [0.25, 0.3) is 0 Å². The highest BCUT2D eigenvalue weighted by Crippen LogP contribution is 2.21. The van der Waals surface area contributed by atoms with E-state index < -0.39 is 8.80 Å². The van der Waals surface area contributed by atoms with E-state index in [1.54, 1.807) is 37.4 Å². The van der Waals surface area contributed by atoms with Crippen LogP contribution in [0.5, 0.6) is 0 Å². The SMILES string of the molecule is CCCCCCCCCC[SiH](CCCCCCCC)CCCCCCC(C)CCC.